The number of fused-ring (bicyclic) bond motifs is 1. The molecule has 5 heteroatoms. The minimum atomic E-state index is -0.0875. The molecule has 0 amide bonds. The zero-order chi connectivity index (χ0) is 20.1. The van der Waals surface area contributed by atoms with E-state index in [1.165, 1.54) is 47.9 Å². The Morgan fingerprint density at radius 3 is 2.93 bits per heavy atom. The van der Waals surface area contributed by atoms with E-state index in [1.54, 1.807) is 12.3 Å². The molecule has 5 nitrogen and oxygen atoms in total. The van der Waals surface area contributed by atoms with Gasteiger partial charge in [-0.25, -0.2) is 0 Å². The average Bonchev–Trinajstić information content (AvgIpc) is 3.28. The van der Waals surface area contributed by atoms with E-state index in [-0.39, 0.29) is 5.43 Å². The topological polar surface area (TPSA) is 66.5 Å². The van der Waals surface area contributed by atoms with Crippen molar-refractivity contribution in [3.63, 3.8) is 0 Å². The predicted octanol–water partition coefficient (Wildman–Crippen LogP) is 4.38. The van der Waals surface area contributed by atoms with Crippen molar-refractivity contribution >= 4 is 11.8 Å². The van der Waals surface area contributed by atoms with E-state index in [0.29, 0.717) is 31.4 Å². The first-order chi connectivity index (χ1) is 14.2. The van der Waals surface area contributed by atoms with Crippen molar-refractivity contribution in [2.75, 3.05) is 13.2 Å². The number of aliphatic imine (C=N–C) groups is 1. The fourth-order valence-corrected chi connectivity index (χ4v) is 4.14. The second kappa shape index (κ2) is 9.12. The molecule has 1 aromatic heterocycles. The molecule has 1 aromatic carbocycles. The highest BCUT2D eigenvalue weighted by molar-refractivity contribution is 5.92. The summed E-state index contributed by atoms with van der Waals surface area (Å²) in [7, 11) is 0. The number of nitrogens with one attached hydrogen (secondary N) is 2. The maximum atomic E-state index is 12.1. The van der Waals surface area contributed by atoms with Gasteiger partial charge in [0.25, 0.3) is 0 Å². The summed E-state index contributed by atoms with van der Waals surface area (Å²) >= 11 is 0. The second-order valence-corrected chi connectivity index (χ2v) is 7.88. The van der Waals surface area contributed by atoms with E-state index in [0.717, 1.165) is 12.1 Å². The number of hydrogen-bond acceptors (Lipinski definition) is 4. The first-order valence-electron chi connectivity index (χ1n) is 10.7. The molecule has 0 saturated heterocycles. The van der Waals surface area contributed by atoms with Crippen LogP contribution >= 0.6 is 0 Å². The fourth-order valence-electron chi connectivity index (χ4n) is 4.14. The zero-order valence-electron chi connectivity index (χ0n) is 17.0. The van der Waals surface area contributed by atoms with Gasteiger partial charge in [0.15, 0.2) is 5.75 Å². The van der Waals surface area contributed by atoms with Crippen LogP contribution in [-0.4, -0.2) is 24.4 Å². The van der Waals surface area contributed by atoms with E-state index in [4.69, 9.17) is 4.74 Å². The van der Waals surface area contributed by atoms with Crippen LogP contribution in [0.2, 0.25) is 0 Å². The smallest absolute Gasteiger partial charge is 0.223 e. The van der Waals surface area contributed by atoms with Gasteiger partial charge in [-0.05, 0) is 47.4 Å². The fraction of sp³-hybridized carbons (Fsp3) is 0.417. The molecule has 29 heavy (non-hydrogen) atoms. The normalized spacial score (nSPS) is 17.5. The van der Waals surface area contributed by atoms with Crippen LogP contribution in [0.3, 0.4) is 0 Å². The van der Waals surface area contributed by atoms with Gasteiger partial charge in [-0.3, -0.25) is 9.79 Å². The highest BCUT2D eigenvalue weighted by Crippen LogP contribution is 2.36. The maximum absolute atomic E-state index is 12.1. The molecule has 2 N–H and O–H groups in total. The Balaban J connectivity index is 1.46. The Hall–Kier alpha value is -2.82. The third-order valence-corrected chi connectivity index (χ3v) is 5.71. The first-order valence-corrected chi connectivity index (χ1v) is 10.7. The summed E-state index contributed by atoms with van der Waals surface area (Å²) in [6.45, 7) is 3.79. The summed E-state index contributed by atoms with van der Waals surface area (Å²) in [4.78, 5) is 19.8. The lowest BCUT2D eigenvalue weighted by atomic mass is 9.90. The lowest BCUT2D eigenvalue weighted by Crippen LogP contribution is -2.14. The highest BCUT2D eigenvalue weighted by Gasteiger charge is 2.19. The minimum Gasteiger partial charge on any atom is -0.488 e. The van der Waals surface area contributed by atoms with Crippen LogP contribution in [-0.2, 0) is 6.54 Å². The maximum Gasteiger partial charge on any atom is 0.223 e. The molecule has 0 atom stereocenters. The lowest BCUT2D eigenvalue weighted by molar-refractivity contribution is 0.313. The molecule has 2 aromatic rings. The standard InChI is InChI=1S/C24H29N3O2/c1-2-9-29-24-16-27-21(11-23(24)28)15-26-14-20-13-25-12-19-8-7-18(10-22(19)20)17-5-3-4-6-17/h7-8,10-12,14,16-17,26H,2-6,9,13,15H2,1H3,(H,27,28). The van der Waals surface area contributed by atoms with Crippen LogP contribution in [0.25, 0.3) is 5.57 Å². The summed E-state index contributed by atoms with van der Waals surface area (Å²) in [6.07, 6.45) is 11.8. The number of aromatic amines is 1. The van der Waals surface area contributed by atoms with E-state index in [9.17, 15) is 4.79 Å². The summed E-state index contributed by atoms with van der Waals surface area (Å²) in [5.41, 5.74) is 5.83. The molecule has 2 aliphatic rings. The number of H-pyrrole nitrogens is 1. The molecule has 1 saturated carbocycles. The third kappa shape index (κ3) is 4.61. The monoisotopic (exact) mass is 391 g/mol. The number of pyridine rings is 1. The third-order valence-electron chi connectivity index (χ3n) is 5.71. The van der Waals surface area contributed by atoms with Crippen molar-refractivity contribution in [2.45, 2.75) is 51.5 Å². The molecular formula is C24H29N3O2. The number of aromatic nitrogens is 1. The summed E-state index contributed by atoms with van der Waals surface area (Å²) in [5.74, 6) is 1.08. The molecule has 0 unspecified atom stereocenters. The zero-order valence-corrected chi connectivity index (χ0v) is 17.0. The van der Waals surface area contributed by atoms with Crippen molar-refractivity contribution in [2.24, 2.45) is 4.99 Å². The highest BCUT2D eigenvalue weighted by atomic mass is 16.5. The van der Waals surface area contributed by atoms with Gasteiger partial charge in [0, 0.05) is 30.4 Å². The number of hydrogen-bond donors (Lipinski definition) is 2. The van der Waals surface area contributed by atoms with Crippen LogP contribution in [0.5, 0.6) is 5.75 Å². The Morgan fingerprint density at radius 2 is 2.14 bits per heavy atom. The second-order valence-electron chi connectivity index (χ2n) is 7.88. The van der Waals surface area contributed by atoms with Crippen LogP contribution in [0, 0.1) is 0 Å². The van der Waals surface area contributed by atoms with Gasteiger partial charge in [-0.15, -0.1) is 0 Å². The van der Waals surface area contributed by atoms with Crippen LogP contribution < -0.4 is 15.5 Å². The molecule has 0 radical (unpaired) electrons. The minimum absolute atomic E-state index is 0.0875. The number of rotatable bonds is 7. The summed E-state index contributed by atoms with van der Waals surface area (Å²) in [6, 6.07) is 8.42. The molecule has 1 fully saturated rings. The van der Waals surface area contributed by atoms with Crippen molar-refractivity contribution in [1.82, 2.24) is 10.3 Å². The van der Waals surface area contributed by atoms with Gasteiger partial charge in [0.05, 0.1) is 19.7 Å². The van der Waals surface area contributed by atoms with E-state index < -0.39 is 0 Å². The van der Waals surface area contributed by atoms with Gasteiger partial charge >= 0.3 is 0 Å². The van der Waals surface area contributed by atoms with Crippen LogP contribution in [0.1, 0.15) is 67.3 Å². The van der Waals surface area contributed by atoms with E-state index in [2.05, 4.69) is 33.5 Å². The van der Waals surface area contributed by atoms with Gasteiger partial charge in [0.1, 0.15) is 0 Å². The average molecular weight is 392 g/mol. The van der Waals surface area contributed by atoms with Crippen molar-refractivity contribution in [3.8, 4) is 5.75 Å². The van der Waals surface area contributed by atoms with E-state index >= 15 is 0 Å². The predicted molar refractivity (Wildman–Crippen MR) is 118 cm³/mol. The molecule has 1 aliphatic carbocycles. The lowest BCUT2D eigenvalue weighted by Gasteiger charge is -2.18. The van der Waals surface area contributed by atoms with Crippen molar-refractivity contribution in [3.05, 3.63) is 69.3 Å². The van der Waals surface area contributed by atoms with Crippen LogP contribution in [0.4, 0.5) is 0 Å². The van der Waals surface area contributed by atoms with Gasteiger partial charge < -0.3 is 15.0 Å². The molecule has 4 rings (SSSR count). The number of ether oxygens (including phenoxy) is 1. The number of nitrogens with zero attached hydrogens (tertiary/aromatic N) is 1. The SMILES string of the molecule is CCCOc1c[nH]c(CNC=C2CN=Cc3ccc(C4CCCC4)cc32)cc1=O. The Bertz CT molecular complexity index is 968. The summed E-state index contributed by atoms with van der Waals surface area (Å²) < 4.78 is 5.44. The molecule has 0 spiro atoms. The van der Waals surface area contributed by atoms with Gasteiger partial charge in [-0.2, -0.15) is 0 Å². The molecule has 1 aliphatic heterocycles. The Labute approximate surface area is 171 Å². The van der Waals surface area contributed by atoms with Crippen molar-refractivity contribution < 1.29 is 4.74 Å². The summed E-state index contributed by atoms with van der Waals surface area (Å²) in [5, 5.41) is 3.34. The Kier molecular flexibility index (Phi) is 6.13. The Morgan fingerprint density at radius 1 is 1.28 bits per heavy atom. The quantitative estimate of drug-likeness (QED) is 0.736. The first kappa shape index (κ1) is 19.5. The van der Waals surface area contributed by atoms with Crippen LogP contribution in [0.15, 0.2) is 46.4 Å². The van der Waals surface area contributed by atoms with E-state index in [1.807, 2.05) is 19.3 Å². The van der Waals surface area contributed by atoms with Gasteiger partial charge in [0.2, 0.25) is 5.43 Å². The molecule has 152 valence electrons. The van der Waals surface area contributed by atoms with Crippen molar-refractivity contribution in [1.29, 1.82) is 0 Å². The molecule has 2 heterocycles. The molecular weight excluding hydrogens is 362 g/mol. The van der Waals surface area contributed by atoms with Gasteiger partial charge in [-0.1, -0.05) is 38.0 Å². The largest absolute Gasteiger partial charge is 0.488 e. The molecule has 0 bridgehead atoms. The number of benzene rings is 1.